The molecule has 0 heterocycles. The molecule has 0 aromatic heterocycles. The Bertz CT molecular complexity index is 276. The topological polar surface area (TPSA) is 44.3 Å². The van der Waals surface area contributed by atoms with Crippen molar-refractivity contribution in [1.82, 2.24) is 5.32 Å². The second-order valence-electron chi connectivity index (χ2n) is 3.37. The quantitative estimate of drug-likeness (QED) is 0.660. The Morgan fingerprint density at radius 1 is 1.36 bits per heavy atom. The molecule has 1 aromatic carbocycles. The monoisotopic (exact) mass is 194 g/mol. The van der Waals surface area contributed by atoms with Gasteiger partial charge in [0.15, 0.2) is 0 Å². The third kappa shape index (κ3) is 3.01. The molecule has 0 saturated carbocycles. The maximum atomic E-state index is 8.86. The van der Waals surface area contributed by atoms with Crippen LogP contribution in [0, 0.1) is 0 Å². The van der Waals surface area contributed by atoms with Gasteiger partial charge < -0.3 is 15.7 Å². The Morgan fingerprint density at radius 2 is 2.07 bits per heavy atom. The van der Waals surface area contributed by atoms with Gasteiger partial charge in [0.05, 0.1) is 6.61 Å². The minimum atomic E-state index is 0.139. The molecular formula is C11H18N2O. The summed E-state index contributed by atoms with van der Waals surface area (Å²) in [4.78, 5) is 0. The molecule has 78 valence electrons. The van der Waals surface area contributed by atoms with Gasteiger partial charge in [-0.05, 0) is 18.6 Å². The van der Waals surface area contributed by atoms with Crippen LogP contribution >= 0.6 is 0 Å². The van der Waals surface area contributed by atoms with E-state index in [1.165, 1.54) is 5.56 Å². The lowest BCUT2D eigenvalue weighted by Crippen LogP contribution is -2.28. The zero-order valence-electron chi connectivity index (χ0n) is 8.75. The van der Waals surface area contributed by atoms with Gasteiger partial charge in [-0.2, -0.15) is 0 Å². The summed E-state index contributed by atoms with van der Waals surface area (Å²) in [5.41, 5.74) is 2.35. The Morgan fingerprint density at radius 3 is 2.71 bits per heavy atom. The van der Waals surface area contributed by atoms with Gasteiger partial charge in [-0.3, -0.25) is 0 Å². The molecule has 0 fully saturated rings. The molecule has 14 heavy (non-hydrogen) atoms. The van der Waals surface area contributed by atoms with Crippen molar-refractivity contribution < 1.29 is 5.11 Å². The molecule has 3 heteroatoms. The van der Waals surface area contributed by atoms with E-state index in [0.29, 0.717) is 0 Å². The van der Waals surface area contributed by atoms with Crippen LogP contribution in [-0.2, 0) is 6.54 Å². The van der Waals surface area contributed by atoms with Crippen LogP contribution in [0.4, 0.5) is 5.69 Å². The molecule has 0 spiro atoms. The van der Waals surface area contributed by atoms with E-state index < -0.39 is 0 Å². The zero-order valence-corrected chi connectivity index (χ0v) is 8.75. The molecule has 1 aromatic rings. The van der Waals surface area contributed by atoms with Gasteiger partial charge in [-0.15, -0.1) is 0 Å². The summed E-state index contributed by atoms with van der Waals surface area (Å²) >= 11 is 0. The van der Waals surface area contributed by atoms with Crippen molar-refractivity contribution in [1.29, 1.82) is 0 Å². The second-order valence-corrected chi connectivity index (χ2v) is 3.37. The van der Waals surface area contributed by atoms with E-state index in [9.17, 15) is 0 Å². The molecule has 3 N–H and O–H groups in total. The highest BCUT2D eigenvalue weighted by atomic mass is 16.3. The van der Waals surface area contributed by atoms with Gasteiger partial charge in [0.1, 0.15) is 0 Å². The molecule has 3 nitrogen and oxygen atoms in total. The number of rotatable bonds is 5. The van der Waals surface area contributed by atoms with E-state index in [-0.39, 0.29) is 12.6 Å². The van der Waals surface area contributed by atoms with Crippen molar-refractivity contribution in [3.05, 3.63) is 29.8 Å². The second kappa shape index (κ2) is 5.62. The SMILES string of the molecule is CNc1ccccc1CNC(C)CO. The molecule has 0 saturated heterocycles. The number of aliphatic hydroxyl groups excluding tert-OH is 1. The first-order valence-electron chi connectivity index (χ1n) is 4.87. The van der Waals surface area contributed by atoms with Gasteiger partial charge in [0.25, 0.3) is 0 Å². The first-order chi connectivity index (χ1) is 6.77. The maximum absolute atomic E-state index is 8.86. The Balaban J connectivity index is 2.57. The third-order valence-corrected chi connectivity index (χ3v) is 2.20. The Labute approximate surface area is 85.2 Å². The average molecular weight is 194 g/mol. The van der Waals surface area contributed by atoms with Crippen molar-refractivity contribution in [3.8, 4) is 0 Å². The van der Waals surface area contributed by atoms with E-state index in [0.717, 1.165) is 12.2 Å². The molecule has 0 radical (unpaired) electrons. The molecule has 0 aliphatic rings. The molecule has 1 unspecified atom stereocenters. The van der Waals surface area contributed by atoms with E-state index >= 15 is 0 Å². The fourth-order valence-electron chi connectivity index (χ4n) is 1.27. The number of aliphatic hydroxyl groups is 1. The summed E-state index contributed by atoms with van der Waals surface area (Å²) in [5.74, 6) is 0. The fraction of sp³-hybridized carbons (Fsp3) is 0.455. The number of para-hydroxylation sites is 1. The van der Waals surface area contributed by atoms with Crippen LogP contribution in [0.2, 0.25) is 0 Å². The number of benzene rings is 1. The van der Waals surface area contributed by atoms with Gasteiger partial charge in [0.2, 0.25) is 0 Å². The normalized spacial score (nSPS) is 12.5. The van der Waals surface area contributed by atoms with Crippen molar-refractivity contribution in [2.45, 2.75) is 19.5 Å². The molecule has 1 rings (SSSR count). The van der Waals surface area contributed by atoms with Gasteiger partial charge >= 0.3 is 0 Å². The number of hydrogen-bond acceptors (Lipinski definition) is 3. The first kappa shape index (κ1) is 11.0. The van der Waals surface area contributed by atoms with E-state index in [1.54, 1.807) is 0 Å². The van der Waals surface area contributed by atoms with Crippen molar-refractivity contribution in [2.75, 3.05) is 19.0 Å². The fourth-order valence-corrected chi connectivity index (χ4v) is 1.27. The van der Waals surface area contributed by atoms with Crippen LogP contribution in [0.15, 0.2) is 24.3 Å². The largest absolute Gasteiger partial charge is 0.395 e. The number of hydrogen-bond donors (Lipinski definition) is 3. The lowest BCUT2D eigenvalue weighted by atomic mass is 10.1. The minimum Gasteiger partial charge on any atom is -0.395 e. The Kier molecular flexibility index (Phi) is 4.43. The predicted molar refractivity (Wildman–Crippen MR) is 59.4 cm³/mol. The maximum Gasteiger partial charge on any atom is 0.0582 e. The van der Waals surface area contributed by atoms with Gasteiger partial charge in [-0.1, -0.05) is 18.2 Å². The summed E-state index contributed by atoms with van der Waals surface area (Å²) in [7, 11) is 1.91. The highest BCUT2D eigenvalue weighted by molar-refractivity contribution is 5.50. The van der Waals surface area contributed by atoms with Crippen LogP contribution in [0.3, 0.4) is 0 Å². The molecule has 0 aliphatic heterocycles. The van der Waals surface area contributed by atoms with Crippen LogP contribution in [-0.4, -0.2) is 24.8 Å². The number of anilines is 1. The first-order valence-corrected chi connectivity index (χ1v) is 4.87. The van der Waals surface area contributed by atoms with E-state index in [1.807, 2.05) is 32.2 Å². The van der Waals surface area contributed by atoms with E-state index in [2.05, 4.69) is 16.7 Å². The standard InChI is InChI=1S/C11H18N2O/c1-9(8-14)13-7-10-5-3-4-6-11(10)12-2/h3-6,9,12-14H,7-8H2,1-2H3. The van der Waals surface area contributed by atoms with Crippen LogP contribution in [0.25, 0.3) is 0 Å². The zero-order chi connectivity index (χ0) is 10.4. The Hall–Kier alpha value is -1.06. The minimum absolute atomic E-state index is 0.139. The molecule has 0 bridgehead atoms. The molecular weight excluding hydrogens is 176 g/mol. The summed E-state index contributed by atoms with van der Waals surface area (Å²) in [6, 6.07) is 8.27. The van der Waals surface area contributed by atoms with Crippen LogP contribution in [0.5, 0.6) is 0 Å². The van der Waals surface area contributed by atoms with Crippen LogP contribution < -0.4 is 10.6 Å². The van der Waals surface area contributed by atoms with Crippen LogP contribution in [0.1, 0.15) is 12.5 Å². The smallest absolute Gasteiger partial charge is 0.0582 e. The highest BCUT2D eigenvalue weighted by Gasteiger charge is 2.01. The predicted octanol–water partition coefficient (Wildman–Crippen LogP) is 1.20. The van der Waals surface area contributed by atoms with Crippen molar-refractivity contribution in [3.63, 3.8) is 0 Å². The van der Waals surface area contributed by atoms with E-state index in [4.69, 9.17) is 5.11 Å². The van der Waals surface area contributed by atoms with Gasteiger partial charge in [0, 0.05) is 25.3 Å². The van der Waals surface area contributed by atoms with Crippen molar-refractivity contribution >= 4 is 5.69 Å². The average Bonchev–Trinajstić information content (AvgIpc) is 2.26. The molecule has 1 atom stereocenters. The summed E-state index contributed by atoms with van der Waals surface area (Å²) in [5, 5.41) is 15.2. The lowest BCUT2D eigenvalue weighted by Gasteiger charge is -2.13. The van der Waals surface area contributed by atoms with Gasteiger partial charge in [-0.25, -0.2) is 0 Å². The lowest BCUT2D eigenvalue weighted by molar-refractivity contribution is 0.251. The summed E-state index contributed by atoms with van der Waals surface area (Å²) in [6.07, 6.45) is 0. The molecule has 0 amide bonds. The van der Waals surface area contributed by atoms with Crippen molar-refractivity contribution in [2.24, 2.45) is 0 Å². The summed E-state index contributed by atoms with van der Waals surface area (Å²) in [6.45, 7) is 2.91. The molecule has 0 aliphatic carbocycles. The summed E-state index contributed by atoms with van der Waals surface area (Å²) < 4.78 is 0. The highest BCUT2D eigenvalue weighted by Crippen LogP contribution is 2.13. The number of nitrogens with one attached hydrogen (secondary N) is 2. The third-order valence-electron chi connectivity index (χ3n) is 2.20.